The molecule has 1 aliphatic rings. The first-order valence-electron chi connectivity index (χ1n) is 11.2. The van der Waals surface area contributed by atoms with Crippen molar-refractivity contribution in [3.8, 4) is 5.69 Å². The molecule has 2 aromatic heterocycles. The Kier molecular flexibility index (Phi) is 6.51. The number of nitrogens with zero attached hydrogens (tertiary/aromatic N) is 3. The highest BCUT2D eigenvalue weighted by Gasteiger charge is 2.42. The normalized spacial score (nSPS) is 17.8. The van der Waals surface area contributed by atoms with Crippen LogP contribution in [-0.4, -0.2) is 38.7 Å². The first kappa shape index (κ1) is 23.0. The van der Waals surface area contributed by atoms with E-state index in [1.165, 1.54) is 11.1 Å². The highest BCUT2D eigenvalue weighted by molar-refractivity contribution is 7.80. The van der Waals surface area contributed by atoms with Gasteiger partial charge in [0.1, 0.15) is 6.54 Å². The number of carbonyl (C=O) groups excluding carboxylic acids is 1. The average molecular weight is 463 g/mol. The first-order valence-corrected chi connectivity index (χ1v) is 11.6. The van der Waals surface area contributed by atoms with E-state index in [1.807, 2.05) is 30.0 Å². The third kappa shape index (κ3) is 4.25. The van der Waals surface area contributed by atoms with Gasteiger partial charge in [0.2, 0.25) is 0 Å². The van der Waals surface area contributed by atoms with Crippen LogP contribution in [0.15, 0.2) is 48.7 Å². The lowest BCUT2D eigenvalue weighted by atomic mass is 9.96. The van der Waals surface area contributed by atoms with Gasteiger partial charge in [-0.1, -0.05) is 18.2 Å². The van der Waals surface area contributed by atoms with Crippen molar-refractivity contribution >= 4 is 23.3 Å². The van der Waals surface area contributed by atoms with Gasteiger partial charge in [0, 0.05) is 23.3 Å². The molecule has 1 saturated heterocycles. The molecule has 33 heavy (non-hydrogen) atoms. The molecule has 1 aliphatic heterocycles. The molecular weight excluding hydrogens is 432 g/mol. The minimum atomic E-state index is -0.295. The number of ether oxygens (including phenoxy) is 1. The Morgan fingerprint density at radius 3 is 2.64 bits per heavy atom. The summed E-state index contributed by atoms with van der Waals surface area (Å²) in [6.07, 6.45) is 1.78. The molecular formula is C26H30N4O2S. The number of nitrogens with one attached hydrogen (secondary N) is 1. The smallest absolute Gasteiger partial charge is 0.325 e. The third-order valence-electron chi connectivity index (χ3n) is 6.41. The van der Waals surface area contributed by atoms with E-state index in [0.717, 1.165) is 28.3 Å². The molecule has 6 nitrogen and oxygen atoms in total. The molecule has 1 N–H and O–H groups in total. The maximum absolute atomic E-state index is 12.5. The topological polar surface area (TPSA) is 59.4 Å². The van der Waals surface area contributed by atoms with Gasteiger partial charge in [-0.15, -0.1) is 0 Å². The van der Waals surface area contributed by atoms with E-state index in [2.05, 4.69) is 66.8 Å². The number of aryl methyl sites for hydroxylation is 2. The van der Waals surface area contributed by atoms with Crippen LogP contribution in [0.2, 0.25) is 0 Å². The summed E-state index contributed by atoms with van der Waals surface area (Å²) in [7, 11) is 0. The van der Waals surface area contributed by atoms with E-state index in [-0.39, 0.29) is 24.6 Å². The van der Waals surface area contributed by atoms with Crippen LogP contribution < -0.4 is 5.32 Å². The predicted octanol–water partition coefficient (Wildman–Crippen LogP) is 4.64. The van der Waals surface area contributed by atoms with Crippen molar-refractivity contribution in [2.24, 2.45) is 0 Å². The summed E-state index contributed by atoms with van der Waals surface area (Å²) in [6.45, 7) is 10.8. The van der Waals surface area contributed by atoms with Gasteiger partial charge in [0.05, 0.1) is 24.4 Å². The van der Waals surface area contributed by atoms with Crippen LogP contribution in [0.1, 0.15) is 52.8 Å². The molecule has 1 fully saturated rings. The average Bonchev–Trinajstić information content (AvgIpc) is 3.26. The summed E-state index contributed by atoms with van der Waals surface area (Å²) >= 11 is 5.68. The van der Waals surface area contributed by atoms with E-state index < -0.39 is 0 Å². The van der Waals surface area contributed by atoms with Crippen LogP contribution in [0.3, 0.4) is 0 Å². The largest absolute Gasteiger partial charge is 0.465 e. The molecule has 0 amide bonds. The van der Waals surface area contributed by atoms with Gasteiger partial charge in [-0.3, -0.25) is 9.78 Å². The summed E-state index contributed by atoms with van der Waals surface area (Å²) in [5.74, 6) is -0.295. The highest BCUT2D eigenvalue weighted by atomic mass is 32.1. The second-order valence-corrected chi connectivity index (χ2v) is 8.83. The zero-order valence-corrected chi connectivity index (χ0v) is 20.6. The molecule has 0 bridgehead atoms. The molecule has 0 saturated carbocycles. The molecule has 0 spiro atoms. The van der Waals surface area contributed by atoms with Gasteiger partial charge in [0.15, 0.2) is 5.11 Å². The van der Waals surface area contributed by atoms with Crippen LogP contribution in [0.4, 0.5) is 0 Å². The lowest BCUT2D eigenvalue weighted by molar-refractivity contribution is -0.143. The van der Waals surface area contributed by atoms with Gasteiger partial charge in [-0.05, 0) is 87.8 Å². The minimum Gasteiger partial charge on any atom is -0.465 e. The number of hydrogen-bond donors (Lipinski definition) is 1. The van der Waals surface area contributed by atoms with Crippen molar-refractivity contribution < 1.29 is 9.53 Å². The molecule has 172 valence electrons. The van der Waals surface area contributed by atoms with Gasteiger partial charge >= 0.3 is 5.97 Å². The molecule has 0 aliphatic carbocycles. The van der Waals surface area contributed by atoms with Gasteiger partial charge in [-0.25, -0.2) is 0 Å². The second-order valence-electron chi connectivity index (χ2n) is 8.44. The predicted molar refractivity (Wildman–Crippen MR) is 134 cm³/mol. The molecule has 4 rings (SSSR count). The highest BCUT2D eigenvalue weighted by Crippen LogP contribution is 2.41. The Bertz CT molecular complexity index is 1190. The van der Waals surface area contributed by atoms with Crippen LogP contribution in [0.5, 0.6) is 0 Å². The molecule has 0 unspecified atom stereocenters. The molecule has 1 aromatic carbocycles. The Morgan fingerprint density at radius 2 is 1.94 bits per heavy atom. The van der Waals surface area contributed by atoms with Crippen LogP contribution >= 0.6 is 12.2 Å². The summed E-state index contributed by atoms with van der Waals surface area (Å²) in [4.78, 5) is 19.0. The van der Waals surface area contributed by atoms with E-state index in [1.54, 1.807) is 6.20 Å². The number of hydrogen-bond acceptors (Lipinski definition) is 4. The summed E-state index contributed by atoms with van der Waals surface area (Å²) in [5.41, 5.74) is 7.90. The SMILES string of the molecule is CCOC(=O)CN1C(=S)N[C@@H](c2ccccn2)[C@H]1c1cc(C)n(-c2cccc(C)c2C)c1C. The monoisotopic (exact) mass is 462 g/mol. The molecule has 0 radical (unpaired) electrons. The molecule has 2 atom stereocenters. The van der Waals surface area contributed by atoms with Crippen LogP contribution in [0.25, 0.3) is 5.69 Å². The van der Waals surface area contributed by atoms with E-state index >= 15 is 0 Å². The molecule has 3 heterocycles. The zero-order chi connectivity index (χ0) is 23.7. The number of aromatic nitrogens is 2. The summed E-state index contributed by atoms with van der Waals surface area (Å²) in [6, 6.07) is 14.1. The van der Waals surface area contributed by atoms with Crippen molar-refractivity contribution in [3.63, 3.8) is 0 Å². The van der Waals surface area contributed by atoms with Crippen LogP contribution in [0, 0.1) is 27.7 Å². The quantitative estimate of drug-likeness (QED) is 0.425. The van der Waals surface area contributed by atoms with Crippen LogP contribution in [-0.2, 0) is 9.53 Å². The summed E-state index contributed by atoms with van der Waals surface area (Å²) < 4.78 is 7.53. The van der Waals surface area contributed by atoms with Gasteiger partial charge < -0.3 is 19.5 Å². The maximum atomic E-state index is 12.5. The minimum absolute atomic E-state index is 0.0841. The number of benzene rings is 1. The maximum Gasteiger partial charge on any atom is 0.325 e. The Morgan fingerprint density at radius 1 is 1.15 bits per heavy atom. The standard InChI is InChI=1S/C26H30N4O2S/c1-6-32-23(31)15-29-25(24(28-26(29)33)21-11-7-8-13-27-21)20-14-17(3)30(19(20)5)22-12-9-10-16(2)18(22)4/h7-14,24-25H,6,15H2,1-5H3,(H,28,33)/t24-,25+/m0/s1. The lowest BCUT2D eigenvalue weighted by Gasteiger charge is -2.27. The fourth-order valence-electron chi connectivity index (χ4n) is 4.70. The fourth-order valence-corrected chi connectivity index (χ4v) is 5.00. The number of esters is 1. The Hall–Kier alpha value is -3.19. The fraction of sp³-hybridized carbons (Fsp3) is 0.346. The Balaban J connectivity index is 1.84. The first-order chi connectivity index (χ1) is 15.8. The lowest BCUT2D eigenvalue weighted by Crippen LogP contribution is -2.35. The summed E-state index contributed by atoms with van der Waals surface area (Å²) in [5, 5.41) is 3.94. The Labute approximate surface area is 200 Å². The molecule has 7 heteroatoms. The van der Waals surface area contributed by atoms with E-state index in [9.17, 15) is 4.79 Å². The zero-order valence-electron chi connectivity index (χ0n) is 19.8. The second kappa shape index (κ2) is 9.35. The van der Waals surface area contributed by atoms with Crippen molar-refractivity contribution in [1.29, 1.82) is 0 Å². The van der Waals surface area contributed by atoms with Gasteiger partial charge in [-0.2, -0.15) is 0 Å². The van der Waals surface area contributed by atoms with Crippen molar-refractivity contribution in [2.75, 3.05) is 13.2 Å². The van der Waals surface area contributed by atoms with E-state index in [0.29, 0.717) is 11.7 Å². The third-order valence-corrected chi connectivity index (χ3v) is 6.76. The van der Waals surface area contributed by atoms with E-state index in [4.69, 9.17) is 17.0 Å². The van der Waals surface area contributed by atoms with Crippen molar-refractivity contribution in [2.45, 2.75) is 46.7 Å². The van der Waals surface area contributed by atoms with Gasteiger partial charge in [0.25, 0.3) is 0 Å². The number of rotatable bonds is 6. The number of carbonyl (C=O) groups is 1. The molecule has 3 aromatic rings. The van der Waals surface area contributed by atoms with Crippen molar-refractivity contribution in [1.82, 2.24) is 19.8 Å². The van der Waals surface area contributed by atoms with Crippen molar-refractivity contribution in [3.05, 3.63) is 82.4 Å². The number of thiocarbonyl (C=S) groups is 1. The number of pyridine rings is 1.